The van der Waals surface area contributed by atoms with Crippen LogP contribution < -0.4 is 0 Å². The molecular formula is C20H17BrClN. The van der Waals surface area contributed by atoms with Gasteiger partial charge in [-0.2, -0.15) is 0 Å². The van der Waals surface area contributed by atoms with Crippen molar-refractivity contribution in [3.8, 4) is 0 Å². The van der Waals surface area contributed by atoms with Crippen LogP contribution in [0.4, 0.5) is 0 Å². The Morgan fingerprint density at radius 2 is 2.00 bits per heavy atom. The van der Waals surface area contributed by atoms with Gasteiger partial charge in [-0.3, -0.25) is 0 Å². The number of aliphatic imine (C=N–C) groups is 1. The van der Waals surface area contributed by atoms with Crippen LogP contribution in [0.3, 0.4) is 0 Å². The third-order valence-electron chi connectivity index (χ3n) is 3.96. The fourth-order valence-electron chi connectivity index (χ4n) is 2.50. The molecule has 116 valence electrons. The summed E-state index contributed by atoms with van der Waals surface area (Å²) in [5, 5.41) is 0.488. The van der Waals surface area contributed by atoms with Crippen LogP contribution in [0.5, 0.6) is 0 Å². The molecule has 0 N–H and O–H groups in total. The van der Waals surface area contributed by atoms with E-state index in [0.717, 1.165) is 33.6 Å². The Bertz CT molecular complexity index is 835. The molecule has 0 spiro atoms. The largest absolute Gasteiger partial charge is 0.235 e. The molecule has 0 fully saturated rings. The molecule has 0 amide bonds. The van der Waals surface area contributed by atoms with E-state index >= 15 is 0 Å². The lowest BCUT2D eigenvalue weighted by Gasteiger charge is -2.13. The van der Waals surface area contributed by atoms with Crippen molar-refractivity contribution in [1.29, 1.82) is 0 Å². The van der Waals surface area contributed by atoms with Gasteiger partial charge >= 0.3 is 0 Å². The van der Waals surface area contributed by atoms with Crippen LogP contribution in [0.15, 0.2) is 93.4 Å². The van der Waals surface area contributed by atoms with E-state index in [1.54, 1.807) is 0 Å². The molecule has 0 aromatic rings. The van der Waals surface area contributed by atoms with E-state index in [4.69, 9.17) is 11.6 Å². The van der Waals surface area contributed by atoms with E-state index < -0.39 is 0 Å². The normalized spacial score (nSPS) is 26.9. The number of rotatable bonds is 0. The molecule has 1 atom stereocenters. The second kappa shape index (κ2) is 6.13. The Hall–Kier alpha value is -1.60. The van der Waals surface area contributed by atoms with Crippen molar-refractivity contribution >= 4 is 32.7 Å². The summed E-state index contributed by atoms with van der Waals surface area (Å²) in [6, 6.07) is 0. The van der Waals surface area contributed by atoms with E-state index in [9.17, 15) is 0 Å². The zero-order valence-electron chi connectivity index (χ0n) is 13.2. The van der Waals surface area contributed by atoms with Crippen LogP contribution >= 0.6 is 27.5 Å². The van der Waals surface area contributed by atoms with E-state index in [0.29, 0.717) is 11.6 Å². The highest BCUT2D eigenvalue weighted by molar-refractivity contribution is 9.10. The summed E-state index contributed by atoms with van der Waals surface area (Å²) in [5.41, 5.74) is 9.25. The molecule has 3 aliphatic rings. The molecule has 0 aromatic carbocycles. The molecular weight excluding hydrogens is 370 g/mol. The summed E-state index contributed by atoms with van der Waals surface area (Å²) in [7, 11) is 0. The van der Waals surface area contributed by atoms with Gasteiger partial charge in [0.15, 0.2) is 0 Å². The van der Waals surface area contributed by atoms with Gasteiger partial charge in [0, 0.05) is 17.6 Å². The summed E-state index contributed by atoms with van der Waals surface area (Å²) in [6.07, 6.45) is 15.3. The lowest BCUT2D eigenvalue weighted by atomic mass is 9.96. The molecule has 1 aliphatic heterocycles. The van der Waals surface area contributed by atoms with Crippen LogP contribution in [0.1, 0.15) is 20.3 Å². The highest BCUT2D eigenvalue weighted by Crippen LogP contribution is 2.31. The minimum Gasteiger partial charge on any atom is -0.235 e. The van der Waals surface area contributed by atoms with E-state index in [1.165, 1.54) is 0 Å². The maximum absolute atomic E-state index is 6.49. The van der Waals surface area contributed by atoms with Crippen LogP contribution in [-0.2, 0) is 0 Å². The maximum atomic E-state index is 6.49. The summed E-state index contributed by atoms with van der Waals surface area (Å²) in [4.78, 5) is 4.63. The number of allylic oxidation sites excluding steroid dienone is 11. The van der Waals surface area contributed by atoms with Crippen molar-refractivity contribution in [2.24, 2.45) is 4.99 Å². The fraction of sp³-hybridized carbons (Fsp3) is 0.200. The van der Waals surface area contributed by atoms with Gasteiger partial charge in [-0.1, -0.05) is 64.5 Å². The number of nitrogens with zero attached hydrogens (tertiary/aromatic N) is 1. The lowest BCUT2D eigenvalue weighted by Crippen LogP contribution is -2.05. The Kier molecular flexibility index (Phi) is 4.33. The van der Waals surface area contributed by atoms with Gasteiger partial charge in [0.2, 0.25) is 0 Å². The third kappa shape index (κ3) is 3.67. The molecule has 2 aliphatic carbocycles. The zero-order chi connectivity index (χ0) is 16.6. The third-order valence-corrected chi connectivity index (χ3v) is 4.80. The molecule has 23 heavy (non-hydrogen) atoms. The molecule has 0 radical (unpaired) electrons. The quantitative estimate of drug-likeness (QED) is 0.353. The summed E-state index contributed by atoms with van der Waals surface area (Å²) in [6.45, 7) is 8.15. The van der Waals surface area contributed by atoms with Crippen LogP contribution in [0.25, 0.3) is 0 Å². The smallest absolute Gasteiger partial charge is 0.140 e. The Morgan fingerprint density at radius 1 is 1.26 bits per heavy atom. The molecule has 3 rings (SSSR count). The van der Waals surface area contributed by atoms with Crippen LogP contribution in [-0.4, -0.2) is 9.50 Å². The molecule has 1 heterocycles. The molecule has 0 aromatic heterocycles. The summed E-state index contributed by atoms with van der Waals surface area (Å²) < 4.78 is -0.183. The number of fused-ring (bicyclic) bond motifs is 2. The number of hydrogen-bond donors (Lipinski definition) is 0. The Morgan fingerprint density at radius 3 is 2.78 bits per heavy atom. The molecule has 1 unspecified atom stereocenters. The van der Waals surface area contributed by atoms with Crippen molar-refractivity contribution in [3.05, 3.63) is 88.4 Å². The average Bonchev–Trinajstić information content (AvgIpc) is 2.61. The standard InChI is InChI=1S/C20H17BrClN/c1-13-4-5-15-11-16-6-8-20(3,21)9-7-18(16)23-19(22)17(12-15)10-14(13)2/h4-9,11H,1,12H2,2-3H3. The summed E-state index contributed by atoms with van der Waals surface area (Å²) >= 11 is 10.2. The van der Waals surface area contributed by atoms with E-state index in [-0.39, 0.29) is 4.32 Å². The number of halogens is 2. The van der Waals surface area contributed by atoms with E-state index in [2.05, 4.69) is 70.5 Å². The summed E-state index contributed by atoms with van der Waals surface area (Å²) in [5.74, 6) is 0. The van der Waals surface area contributed by atoms with Crippen molar-refractivity contribution in [1.82, 2.24) is 0 Å². The predicted octanol–water partition coefficient (Wildman–Crippen LogP) is 6.09. The second-order valence-electron chi connectivity index (χ2n) is 6.04. The Balaban J connectivity index is 2.25. The first-order valence-corrected chi connectivity index (χ1v) is 8.62. The first kappa shape index (κ1) is 16.3. The van der Waals surface area contributed by atoms with Gasteiger partial charge in [0.1, 0.15) is 5.17 Å². The van der Waals surface area contributed by atoms with Crippen molar-refractivity contribution < 1.29 is 0 Å². The molecule has 3 heteroatoms. The van der Waals surface area contributed by atoms with Gasteiger partial charge in [-0.25, -0.2) is 4.99 Å². The Labute approximate surface area is 150 Å². The minimum atomic E-state index is -0.183. The van der Waals surface area contributed by atoms with Gasteiger partial charge in [-0.15, -0.1) is 5.73 Å². The highest BCUT2D eigenvalue weighted by atomic mass is 79.9. The topological polar surface area (TPSA) is 12.4 Å². The minimum absolute atomic E-state index is 0.183. The number of hydrogen-bond acceptors (Lipinski definition) is 1. The molecule has 0 saturated heterocycles. The molecule has 0 saturated carbocycles. The van der Waals surface area contributed by atoms with Gasteiger partial charge in [0.05, 0.1) is 10.0 Å². The monoisotopic (exact) mass is 385 g/mol. The van der Waals surface area contributed by atoms with Gasteiger partial charge < -0.3 is 0 Å². The predicted molar refractivity (Wildman–Crippen MR) is 103 cm³/mol. The first-order valence-electron chi connectivity index (χ1n) is 7.45. The molecule has 2 bridgehead atoms. The van der Waals surface area contributed by atoms with Gasteiger partial charge in [0.25, 0.3) is 0 Å². The first-order chi connectivity index (χ1) is 10.8. The number of alkyl halides is 1. The maximum Gasteiger partial charge on any atom is 0.140 e. The highest BCUT2D eigenvalue weighted by Gasteiger charge is 2.18. The van der Waals surface area contributed by atoms with Crippen molar-refractivity contribution in [3.63, 3.8) is 0 Å². The van der Waals surface area contributed by atoms with Crippen molar-refractivity contribution in [2.45, 2.75) is 24.6 Å². The van der Waals surface area contributed by atoms with Crippen LogP contribution in [0, 0.1) is 0 Å². The van der Waals surface area contributed by atoms with Gasteiger partial charge in [-0.05, 0) is 42.7 Å². The SMILES string of the molecule is C=C1C=CC2=CC3=C(C=CC(C)(Br)C=C3)N=C(Cl)C(=C=C1C)C2. The molecule has 1 nitrogen and oxygen atoms in total. The van der Waals surface area contributed by atoms with E-state index in [1.807, 2.05) is 19.1 Å². The van der Waals surface area contributed by atoms with Crippen molar-refractivity contribution in [2.75, 3.05) is 0 Å². The zero-order valence-corrected chi connectivity index (χ0v) is 15.5. The van der Waals surface area contributed by atoms with Crippen LogP contribution in [0.2, 0.25) is 0 Å². The lowest BCUT2D eigenvalue weighted by molar-refractivity contribution is 1.03. The fourth-order valence-corrected chi connectivity index (χ4v) is 2.97. The average molecular weight is 387 g/mol. The second-order valence-corrected chi connectivity index (χ2v) is 8.11.